The van der Waals surface area contributed by atoms with E-state index in [9.17, 15) is 14.7 Å². The molecule has 1 amide bonds. The Hall–Kier alpha value is -2.04. The summed E-state index contributed by atoms with van der Waals surface area (Å²) in [6.45, 7) is 1.91. The lowest BCUT2D eigenvalue weighted by molar-refractivity contribution is -0.140. The van der Waals surface area contributed by atoms with Crippen molar-refractivity contribution in [1.29, 1.82) is 0 Å². The molecule has 1 aliphatic rings. The Morgan fingerprint density at radius 3 is 2.50 bits per heavy atom. The van der Waals surface area contributed by atoms with Crippen LogP contribution in [0.2, 0.25) is 0 Å². The average Bonchev–Trinajstić information content (AvgIpc) is 3.18. The zero-order chi connectivity index (χ0) is 14.7. The van der Waals surface area contributed by atoms with E-state index in [4.69, 9.17) is 5.11 Å². The maximum atomic E-state index is 11.8. The number of aryl methyl sites for hydroxylation is 1. The predicted molar refractivity (Wildman–Crippen MR) is 73.3 cm³/mol. The smallest absolute Gasteiger partial charge is 0.307 e. The van der Waals surface area contributed by atoms with E-state index in [1.165, 1.54) is 0 Å². The van der Waals surface area contributed by atoms with Gasteiger partial charge in [-0.05, 0) is 43.9 Å². The van der Waals surface area contributed by atoms with Crippen molar-refractivity contribution >= 4 is 11.9 Å². The standard InChI is InChI=1S/C15H19NO4/c1-9(2-3-10-4-6-11(17)7-5-10)16-14(18)12-8-13(12)15(19)20/h4-7,9,12-13,17H,2-3,8H2,1H3,(H,16,18)(H,19,20). The van der Waals surface area contributed by atoms with Gasteiger partial charge >= 0.3 is 5.97 Å². The lowest BCUT2D eigenvalue weighted by Gasteiger charge is -2.13. The predicted octanol–water partition coefficient (Wildman–Crippen LogP) is 1.55. The van der Waals surface area contributed by atoms with Crippen molar-refractivity contribution in [3.05, 3.63) is 29.8 Å². The molecule has 3 N–H and O–H groups in total. The fraction of sp³-hybridized carbons (Fsp3) is 0.467. The van der Waals surface area contributed by atoms with Crippen LogP contribution >= 0.6 is 0 Å². The molecule has 0 aliphatic heterocycles. The summed E-state index contributed by atoms with van der Waals surface area (Å²) >= 11 is 0. The quantitative estimate of drug-likeness (QED) is 0.736. The molecule has 0 aromatic heterocycles. The highest BCUT2D eigenvalue weighted by atomic mass is 16.4. The highest BCUT2D eigenvalue weighted by Crippen LogP contribution is 2.38. The number of carboxylic acids is 1. The van der Waals surface area contributed by atoms with Crippen molar-refractivity contribution < 1.29 is 19.8 Å². The molecule has 0 saturated heterocycles. The van der Waals surface area contributed by atoms with Gasteiger partial charge in [-0.15, -0.1) is 0 Å². The highest BCUT2D eigenvalue weighted by Gasteiger charge is 2.48. The molecule has 0 radical (unpaired) electrons. The third kappa shape index (κ3) is 3.73. The van der Waals surface area contributed by atoms with Crippen molar-refractivity contribution in [2.45, 2.75) is 32.2 Å². The molecular weight excluding hydrogens is 258 g/mol. The van der Waals surface area contributed by atoms with Crippen molar-refractivity contribution in [2.24, 2.45) is 11.8 Å². The number of hydrogen-bond donors (Lipinski definition) is 3. The molecule has 3 unspecified atom stereocenters. The van der Waals surface area contributed by atoms with Gasteiger partial charge in [0.25, 0.3) is 0 Å². The number of phenolic OH excluding ortho intramolecular Hbond substituents is 1. The van der Waals surface area contributed by atoms with E-state index in [-0.39, 0.29) is 23.6 Å². The summed E-state index contributed by atoms with van der Waals surface area (Å²) in [6, 6.07) is 6.99. The summed E-state index contributed by atoms with van der Waals surface area (Å²) < 4.78 is 0. The Bertz CT molecular complexity index is 497. The molecule has 0 heterocycles. The van der Waals surface area contributed by atoms with E-state index in [0.29, 0.717) is 6.42 Å². The lowest BCUT2D eigenvalue weighted by atomic mass is 10.1. The van der Waals surface area contributed by atoms with Crippen molar-refractivity contribution in [3.63, 3.8) is 0 Å². The van der Waals surface area contributed by atoms with E-state index >= 15 is 0 Å². The minimum absolute atomic E-state index is 0.00588. The topological polar surface area (TPSA) is 86.6 Å². The second-order valence-corrected chi connectivity index (χ2v) is 5.40. The van der Waals surface area contributed by atoms with E-state index < -0.39 is 11.9 Å². The lowest BCUT2D eigenvalue weighted by Crippen LogP contribution is -2.34. The van der Waals surface area contributed by atoms with E-state index in [0.717, 1.165) is 18.4 Å². The number of carbonyl (C=O) groups excluding carboxylic acids is 1. The van der Waals surface area contributed by atoms with E-state index in [2.05, 4.69) is 5.32 Å². The van der Waals surface area contributed by atoms with Gasteiger partial charge in [-0.3, -0.25) is 9.59 Å². The third-order valence-corrected chi connectivity index (χ3v) is 3.64. The molecule has 108 valence electrons. The first kappa shape index (κ1) is 14.4. The molecule has 5 heteroatoms. The van der Waals surface area contributed by atoms with Crippen LogP contribution in [0.5, 0.6) is 5.75 Å². The van der Waals surface area contributed by atoms with Gasteiger partial charge in [0, 0.05) is 6.04 Å². The molecule has 1 saturated carbocycles. The number of hydrogen-bond acceptors (Lipinski definition) is 3. The summed E-state index contributed by atoms with van der Waals surface area (Å²) in [6.07, 6.45) is 2.03. The highest BCUT2D eigenvalue weighted by molar-refractivity contribution is 5.89. The summed E-state index contributed by atoms with van der Waals surface area (Å²) in [5.41, 5.74) is 1.10. The van der Waals surface area contributed by atoms with Gasteiger partial charge in [0.15, 0.2) is 0 Å². The van der Waals surface area contributed by atoms with Crippen LogP contribution in [0.1, 0.15) is 25.3 Å². The van der Waals surface area contributed by atoms with Crippen LogP contribution in [0.3, 0.4) is 0 Å². The van der Waals surface area contributed by atoms with Crippen LogP contribution in [-0.4, -0.2) is 28.1 Å². The number of carbonyl (C=O) groups is 2. The number of aromatic hydroxyl groups is 1. The molecule has 0 spiro atoms. The first-order chi connectivity index (χ1) is 9.47. The first-order valence-electron chi connectivity index (χ1n) is 6.78. The van der Waals surface area contributed by atoms with E-state index in [1.807, 2.05) is 19.1 Å². The second kappa shape index (κ2) is 5.94. The maximum Gasteiger partial charge on any atom is 0.307 e. The van der Waals surface area contributed by atoms with Crippen LogP contribution in [-0.2, 0) is 16.0 Å². The normalized spacial score (nSPS) is 22.1. The molecule has 1 aliphatic carbocycles. The largest absolute Gasteiger partial charge is 0.508 e. The fourth-order valence-corrected chi connectivity index (χ4v) is 2.23. The SMILES string of the molecule is CC(CCc1ccc(O)cc1)NC(=O)C1CC1C(=O)O. The van der Waals surface area contributed by atoms with Gasteiger partial charge in [0.05, 0.1) is 11.8 Å². The minimum atomic E-state index is -0.887. The molecule has 20 heavy (non-hydrogen) atoms. The minimum Gasteiger partial charge on any atom is -0.508 e. The molecule has 5 nitrogen and oxygen atoms in total. The molecule has 3 atom stereocenters. The Balaban J connectivity index is 1.73. The Kier molecular flexibility index (Phi) is 4.27. The Morgan fingerprint density at radius 1 is 1.30 bits per heavy atom. The van der Waals surface area contributed by atoms with Crippen molar-refractivity contribution in [3.8, 4) is 5.75 Å². The Labute approximate surface area is 117 Å². The first-order valence-corrected chi connectivity index (χ1v) is 6.78. The van der Waals surface area contributed by atoms with E-state index in [1.54, 1.807) is 12.1 Å². The third-order valence-electron chi connectivity index (χ3n) is 3.64. The molecule has 1 fully saturated rings. The van der Waals surface area contributed by atoms with Gasteiger partial charge in [0.1, 0.15) is 5.75 Å². The summed E-state index contributed by atoms with van der Waals surface area (Å²) in [4.78, 5) is 22.5. The summed E-state index contributed by atoms with van der Waals surface area (Å²) in [5, 5.41) is 20.8. The number of benzene rings is 1. The van der Waals surface area contributed by atoms with Crippen molar-refractivity contribution in [1.82, 2.24) is 5.32 Å². The second-order valence-electron chi connectivity index (χ2n) is 5.40. The number of aliphatic carboxylic acids is 1. The van der Waals surface area contributed by atoms with Gasteiger partial charge < -0.3 is 15.5 Å². The Morgan fingerprint density at radius 2 is 1.95 bits per heavy atom. The summed E-state index contributed by atoms with van der Waals surface area (Å²) in [7, 11) is 0. The van der Waals surface area contributed by atoms with Crippen LogP contribution < -0.4 is 5.32 Å². The average molecular weight is 277 g/mol. The number of phenols is 1. The number of rotatable bonds is 6. The molecular formula is C15H19NO4. The van der Waals surface area contributed by atoms with Gasteiger partial charge in [-0.2, -0.15) is 0 Å². The van der Waals surface area contributed by atoms with Gasteiger partial charge in [-0.1, -0.05) is 12.1 Å². The fourth-order valence-electron chi connectivity index (χ4n) is 2.23. The molecule has 0 bridgehead atoms. The molecule has 1 aromatic rings. The number of amides is 1. The van der Waals surface area contributed by atoms with Gasteiger partial charge in [-0.25, -0.2) is 0 Å². The van der Waals surface area contributed by atoms with Crippen LogP contribution in [0, 0.1) is 11.8 Å². The van der Waals surface area contributed by atoms with Crippen LogP contribution in [0.25, 0.3) is 0 Å². The number of nitrogens with one attached hydrogen (secondary N) is 1. The van der Waals surface area contributed by atoms with Crippen LogP contribution in [0.4, 0.5) is 0 Å². The van der Waals surface area contributed by atoms with Gasteiger partial charge in [0.2, 0.25) is 5.91 Å². The van der Waals surface area contributed by atoms with Crippen LogP contribution in [0.15, 0.2) is 24.3 Å². The maximum absolute atomic E-state index is 11.8. The zero-order valence-corrected chi connectivity index (χ0v) is 11.4. The monoisotopic (exact) mass is 277 g/mol. The number of carboxylic acid groups (broad SMARTS) is 1. The van der Waals surface area contributed by atoms with Crippen molar-refractivity contribution in [2.75, 3.05) is 0 Å². The summed E-state index contributed by atoms with van der Waals surface area (Å²) in [5.74, 6) is -1.66. The molecule has 1 aromatic carbocycles. The molecule has 2 rings (SSSR count). The zero-order valence-electron chi connectivity index (χ0n) is 11.4.